The summed E-state index contributed by atoms with van der Waals surface area (Å²) in [6, 6.07) is 11.3. The number of nitrogens with two attached hydrogens (primary N) is 1. The van der Waals surface area contributed by atoms with E-state index in [0.717, 1.165) is 17.7 Å². The van der Waals surface area contributed by atoms with Crippen LogP contribution in [0.2, 0.25) is 5.02 Å². The predicted octanol–water partition coefficient (Wildman–Crippen LogP) is 2.94. The number of nitrogens with zero attached hydrogens (tertiary/aromatic N) is 1. The van der Waals surface area contributed by atoms with Gasteiger partial charge in [-0.05, 0) is 23.8 Å². The number of halogens is 1. The summed E-state index contributed by atoms with van der Waals surface area (Å²) in [6.45, 7) is 0.505. The highest BCUT2D eigenvalue weighted by Crippen LogP contribution is 2.20. The fraction of sp³-hybridized carbons (Fsp3) is 0.154. The van der Waals surface area contributed by atoms with Gasteiger partial charge in [0.25, 0.3) is 0 Å². The number of pyridine rings is 1. The van der Waals surface area contributed by atoms with Gasteiger partial charge in [0.15, 0.2) is 0 Å². The molecule has 0 radical (unpaired) electrons. The van der Waals surface area contributed by atoms with Crippen molar-refractivity contribution in [1.29, 1.82) is 0 Å². The van der Waals surface area contributed by atoms with Gasteiger partial charge in [0.1, 0.15) is 5.02 Å². The Morgan fingerprint density at radius 1 is 1.18 bits per heavy atom. The molecule has 1 heterocycles. The molecule has 0 aliphatic rings. The lowest BCUT2D eigenvalue weighted by molar-refractivity contribution is 0.310. The van der Waals surface area contributed by atoms with Gasteiger partial charge in [-0.1, -0.05) is 29.8 Å². The number of aromatic nitrogens is 1. The third kappa shape index (κ3) is 3.11. The molecule has 2 N–H and O–H groups in total. The Kier molecular flexibility index (Phi) is 3.83. The molecule has 0 aliphatic heterocycles. The van der Waals surface area contributed by atoms with Crippen LogP contribution in [0.15, 0.2) is 42.6 Å². The number of nitrogen functional groups attached to an aromatic ring is 1. The van der Waals surface area contributed by atoms with Crippen LogP contribution in [0.3, 0.4) is 0 Å². The normalized spacial score (nSPS) is 10.2. The largest absolute Gasteiger partial charge is 0.476 e. The Balaban J connectivity index is 1.93. The van der Waals surface area contributed by atoms with Crippen molar-refractivity contribution in [3.63, 3.8) is 0 Å². The van der Waals surface area contributed by atoms with Gasteiger partial charge >= 0.3 is 0 Å². The molecule has 1 aromatic carbocycles. The van der Waals surface area contributed by atoms with Gasteiger partial charge in [-0.25, -0.2) is 4.98 Å². The maximum Gasteiger partial charge on any atom is 0.232 e. The lowest BCUT2D eigenvalue weighted by Gasteiger charge is -2.08. The summed E-state index contributed by atoms with van der Waals surface area (Å²) in [5.74, 6) is 0.462. The standard InChI is InChI=1S/C13H13ClN2O/c14-11-5-3-8-16-13(11)17-9-7-10-4-1-2-6-12(10)15/h1-6,8H,7,9,15H2. The number of benzene rings is 1. The SMILES string of the molecule is Nc1ccccc1CCOc1ncccc1Cl. The second-order valence-corrected chi connectivity index (χ2v) is 3.99. The van der Waals surface area contributed by atoms with Gasteiger partial charge in [0, 0.05) is 18.3 Å². The summed E-state index contributed by atoms with van der Waals surface area (Å²) >= 11 is 5.93. The Bertz CT molecular complexity index is 457. The van der Waals surface area contributed by atoms with Crippen LogP contribution in [0.5, 0.6) is 5.88 Å². The summed E-state index contributed by atoms with van der Waals surface area (Å²) in [5, 5.41) is 0.522. The Morgan fingerprint density at radius 2 is 2.00 bits per heavy atom. The van der Waals surface area contributed by atoms with Crippen molar-refractivity contribution in [2.45, 2.75) is 6.42 Å². The van der Waals surface area contributed by atoms with Crippen LogP contribution in [-0.4, -0.2) is 11.6 Å². The maximum atomic E-state index is 5.93. The van der Waals surface area contributed by atoms with Crippen molar-refractivity contribution in [3.8, 4) is 5.88 Å². The fourth-order valence-corrected chi connectivity index (χ4v) is 1.67. The Hall–Kier alpha value is -1.74. The van der Waals surface area contributed by atoms with Crippen molar-refractivity contribution in [3.05, 3.63) is 53.2 Å². The molecule has 0 atom stereocenters. The van der Waals surface area contributed by atoms with E-state index in [-0.39, 0.29) is 0 Å². The molecule has 1 aromatic heterocycles. The zero-order valence-corrected chi connectivity index (χ0v) is 10.0. The van der Waals surface area contributed by atoms with Gasteiger partial charge in [-0.2, -0.15) is 0 Å². The van der Waals surface area contributed by atoms with Crippen LogP contribution < -0.4 is 10.5 Å². The molecule has 2 aromatic rings. The third-order valence-corrected chi connectivity index (χ3v) is 2.68. The van der Waals surface area contributed by atoms with Crippen LogP contribution >= 0.6 is 11.6 Å². The van der Waals surface area contributed by atoms with E-state index in [1.165, 1.54) is 0 Å². The highest BCUT2D eigenvalue weighted by molar-refractivity contribution is 6.31. The van der Waals surface area contributed by atoms with E-state index in [1.807, 2.05) is 24.3 Å². The molecule has 0 unspecified atom stereocenters. The molecular weight excluding hydrogens is 236 g/mol. The molecule has 0 fully saturated rings. The summed E-state index contributed by atoms with van der Waals surface area (Å²) < 4.78 is 5.50. The molecule has 0 bridgehead atoms. The van der Waals surface area contributed by atoms with Crippen LogP contribution in [0.1, 0.15) is 5.56 Å². The van der Waals surface area contributed by atoms with Crippen molar-refractivity contribution < 1.29 is 4.74 Å². The Labute approximate surface area is 105 Å². The summed E-state index contributed by atoms with van der Waals surface area (Å²) in [4.78, 5) is 4.05. The molecule has 0 spiro atoms. The number of para-hydroxylation sites is 1. The topological polar surface area (TPSA) is 48.1 Å². The monoisotopic (exact) mass is 248 g/mol. The fourth-order valence-electron chi connectivity index (χ4n) is 1.50. The number of hydrogen-bond donors (Lipinski definition) is 1. The first kappa shape index (κ1) is 11.7. The van der Waals surface area contributed by atoms with E-state index in [9.17, 15) is 0 Å². The van der Waals surface area contributed by atoms with Crippen molar-refractivity contribution >= 4 is 17.3 Å². The maximum absolute atomic E-state index is 5.93. The second-order valence-electron chi connectivity index (χ2n) is 3.59. The summed E-state index contributed by atoms with van der Waals surface area (Å²) in [5.41, 5.74) is 7.68. The number of anilines is 1. The van der Waals surface area contributed by atoms with Gasteiger partial charge in [0.2, 0.25) is 5.88 Å². The second kappa shape index (κ2) is 5.55. The first-order valence-corrected chi connectivity index (χ1v) is 5.72. The minimum Gasteiger partial charge on any atom is -0.476 e. The third-order valence-electron chi connectivity index (χ3n) is 2.39. The smallest absolute Gasteiger partial charge is 0.232 e. The lowest BCUT2D eigenvalue weighted by atomic mass is 10.1. The molecular formula is C13H13ClN2O. The minimum atomic E-state index is 0.462. The molecule has 3 nitrogen and oxygen atoms in total. The first-order valence-electron chi connectivity index (χ1n) is 5.34. The molecule has 4 heteroatoms. The summed E-state index contributed by atoms with van der Waals surface area (Å²) in [6.07, 6.45) is 2.39. The number of hydrogen-bond acceptors (Lipinski definition) is 3. The van der Waals surface area contributed by atoms with Crippen molar-refractivity contribution in [1.82, 2.24) is 4.98 Å². The van der Waals surface area contributed by atoms with Crippen molar-refractivity contribution in [2.24, 2.45) is 0 Å². The lowest BCUT2D eigenvalue weighted by Crippen LogP contribution is -2.04. The molecule has 0 saturated heterocycles. The Morgan fingerprint density at radius 3 is 2.76 bits per heavy atom. The van der Waals surface area contributed by atoms with Gasteiger partial charge < -0.3 is 10.5 Å². The first-order chi connectivity index (χ1) is 8.27. The molecule has 88 valence electrons. The van der Waals surface area contributed by atoms with Crippen LogP contribution in [-0.2, 0) is 6.42 Å². The van der Waals surface area contributed by atoms with Crippen LogP contribution in [0.4, 0.5) is 5.69 Å². The highest BCUT2D eigenvalue weighted by atomic mass is 35.5. The molecule has 0 aliphatic carbocycles. The number of ether oxygens (including phenoxy) is 1. The van der Waals surface area contributed by atoms with E-state index in [0.29, 0.717) is 17.5 Å². The quantitative estimate of drug-likeness (QED) is 0.847. The van der Waals surface area contributed by atoms with E-state index in [2.05, 4.69) is 4.98 Å². The molecule has 17 heavy (non-hydrogen) atoms. The van der Waals surface area contributed by atoms with Crippen molar-refractivity contribution in [2.75, 3.05) is 12.3 Å². The highest BCUT2D eigenvalue weighted by Gasteiger charge is 2.02. The van der Waals surface area contributed by atoms with Gasteiger partial charge in [-0.15, -0.1) is 0 Å². The molecule has 2 rings (SSSR count). The van der Waals surface area contributed by atoms with Gasteiger partial charge in [-0.3, -0.25) is 0 Å². The molecule has 0 amide bonds. The van der Waals surface area contributed by atoms with E-state index in [1.54, 1.807) is 18.3 Å². The zero-order valence-electron chi connectivity index (χ0n) is 9.27. The van der Waals surface area contributed by atoms with Crippen LogP contribution in [0.25, 0.3) is 0 Å². The molecule has 0 saturated carbocycles. The van der Waals surface area contributed by atoms with E-state index >= 15 is 0 Å². The minimum absolute atomic E-state index is 0.462. The number of rotatable bonds is 4. The van der Waals surface area contributed by atoms with E-state index < -0.39 is 0 Å². The average Bonchev–Trinajstić information content (AvgIpc) is 2.34. The van der Waals surface area contributed by atoms with E-state index in [4.69, 9.17) is 22.1 Å². The zero-order chi connectivity index (χ0) is 12.1. The van der Waals surface area contributed by atoms with Crippen LogP contribution in [0, 0.1) is 0 Å². The summed E-state index contributed by atoms with van der Waals surface area (Å²) in [7, 11) is 0. The predicted molar refractivity (Wildman–Crippen MR) is 69.3 cm³/mol. The average molecular weight is 249 g/mol. The van der Waals surface area contributed by atoms with Gasteiger partial charge in [0.05, 0.1) is 6.61 Å².